The van der Waals surface area contributed by atoms with Crippen LogP contribution in [0.15, 0.2) is 0 Å². The minimum Gasteiger partial charge on any atom is -0.750 e. The van der Waals surface area contributed by atoms with Gasteiger partial charge in [0.2, 0.25) is 0 Å². The highest BCUT2D eigenvalue weighted by Gasteiger charge is 1.95. The molecule has 50 valence electrons. The largest absolute Gasteiger partial charge is 0.750 e. The zero-order valence-corrected chi connectivity index (χ0v) is 5.11. The maximum absolute atomic E-state index is 11.7. The van der Waals surface area contributed by atoms with Crippen LogP contribution >= 0.6 is 0 Å². The summed E-state index contributed by atoms with van der Waals surface area (Å²) in [6.45, 7) is 0.822. The minimum absolute atomic E-state index is 0.393. The van der Waals surface area contributed by atoms with Gasteiger partial charge in [0, 0.05) is 0 Å². The molecule has 3 nitrogen and oxygen atoms in total. The van der Waals surface area contributed by atoms with Crippen LogP contribution in [0.3, 0.4) is 0 Å². The van der Waals surface area contributed by atoms with Gasteiger partial charge in [0.1, 0.15) is 6.17 Å². The molecule has 2 unspecified atom stereocenters. The summed E-state index contributed by atoms with van der Waals surface area (Å²) in [4.78, 5) is 0. The average Bonchev–Trinajstić information content (AvgIpc) is 1.61. The zero-order valence-electron chi connectivity index (χ0n) is 4.30. The van der Waals surface area contributed by atoms with Gasteiger partial charge in [-0.25, -0.2) is 8.60 Å². The molecule has 0 aliphatic rings. The first-order valence-electron chi connectivity index (χ1n) is 1.99. The Balaban J connectivity index is 3.05. The van der Waals surface area contributed by atoms with Crippen molar-refractivity contribution in [1.82, 2.24) is 0 Å². The summed E-state index contributed by atoms with van der Waals surface area (Å²) in [5.74, 6) is 0. The van der Waals surface area contributed by atoms with E-state index < -0.39 is 24.1 Å². The third-order valence-corrected chi connectivity index (χ3v) is 0.722. The Morgan fingerprint density at radius 1 is 2.00 bits per heavy atom. The van der Waals surface area contributed by atoms with Crippen LogP contribution in [0.4, 0.5) is 4.39 Å². The van der Waals surface area contributed by atoms with Crippen molar-refractivity contribution in [3.8, 4) is 0 Å². The fourth-order valence-electron chi connectivity index (χ4n) is 0.149. The second-order valence-corrected chi connectivity index (χ2v) is 1.91. The second-order valence-electron chi connectivity index (χ2n) is 1.27. The van der Waals surface area contributed by atoms with Crippen LogP contribution in [0.5, 0.6) is 0 Å². The third-order valence-electron chi connectivity index (χ3n) is 0.394. The fraction of sp³-hybridized carbons (Fsp3) is 1.00. The highest BCUT2D eigenvalue weighted by molar-refractivity contribution is 7.74. The van der Waals surface area contributed by atoms with Gasteiger partial charge in [0.25, 0.3) is 0 Å². The van der Waals surface area contributed by atoms with E-state index in [9.17, 15) is 13.2 Å². The molecule has 0 amide bonds. The van der Waals surface area contributed by atoms with Gasteiger partial charge in [-0.2, -0.15) is 0 Å². The summed E-state index contributed by atoms with van der Waals surface area (Å²) in [7, 11) is 0. The van der Waals surface area contributed by atoms with Crippen molar-refractivity contribution in [3.05, 3.63) is 0 Å². The van der Waals surface area contributed by atoms with Crippen LogP contribution in [-0.4, -0.2) is 21.5 Å². The molecule has 0 aliphatic heterocycles. The lowest BCUT2D eigenvalue weighted by Gasteiger charge is -2.04. The third kappa shape index (κ3) is 6.00. The summed E-state index contributed by atoms with van der Waals surface area (Å²) in [6.07, 6.45) is -1.23. The number of rotatable bonds is 3. The van der Waals surface area contributed by atoms with Gasteiger partial charge in [-0.3, -0.25) is 4.18 Å². The van der Waals surface area contributed by atoms with Crippen molar-refractivity contribution in [1.29, 1.82) is 0 Å². The molecular weight excluding hydrogens is 135 g/mol. The van der Waals surface area contributed by atoms with Gasteiger partial charge in [-0.15, -0.1) is 0 Å². The Morgan fingerprint density at radius 3 is 2.62 bits per heavy atom. The van der Waals surface area contributed by atoms with Gasteiger partial charge >= 0.3 is 0 Å². The maximum Gasteiger partial charge on any atom is 0.122 e. The van der Waals surface area contributed by atoms with E-state index >= 15 is 0 Å². The van der Waals surface area contributed by atoms with Crippen molar-refractivity contribution in [2.75, 3.05) is 6.61 Å². The molecule has 0 N–H and O–H groups in total. The Hall–Kier alpha value is -0.0000000000000000486. The van der Waals surface area contributed by atoms with Crippen LogP contribution in [0.25, 0.3) is 0 Å². The zero-order chi connectivity index (χ0) is 6.57. The number of alkyl halides is 1. The molecule has 5 heteroatoms. The van der Waals surface area contributed by atoms with Gasteiger partial charge in [-0.1, -0.05) is 0 Å². The van der Waals surface area contributed by atoms with Gasteiger partial charge in [0.05, 0.1) is 18.0 Å². The Kier molecular flexibility index (Phi) is 3.94. The first-order valence-corrected chi connectivity index (χ1v) is 2.99. The molecule has 8 heavy (non-hydrogen) atoms. The van der Waals surface area contributed by atoms with Crippen LogP contribution in [0.1, 0.15) is 6.92 Å². The minimum atomic E-state index is -2.58. The van der Waals surface area contributed by atoms with Gasteiger partial charge in [-0.05, 0) is 6.92 Å². The van der Waals surface area contributed by atoms with E-state index in [1.807, 2.05) is 0 Å². The number of halogens is 1. The normalized spacial score (nSPS) is 17.9. The van der Waals surface area contributed by atoms with E-state index in [0.717, 1.165) is 0 Å². The maximum atomic E-state index is 11.7. The molecule has 2 atom stereocenters. The quantitative estimate of drug-likeness (QED) is 0.526. The molecule has 0 spiro atoms. The summed E-state index contributed by atoms with van der Waals surface area (Å²) in [6, 6.07) is 0. The first-order chi connectivity index (χ1) is 3.63. The monoisotopic (exact) mass is 141 g/mol. The van der Waals surface area contributed by atoms with Crippen LogP contribution in [0.2, 0.25) is 0 Å². The van der Waals surface area contributed by atoms with E-state index in [-0.39, 0.29) is 0 Å². The summed E-state index contributed by atoms with van der Waals surface area (Å²) in [5.41, 5.74) is 0. The topological polar surface area (TPSA) is 49.4 Å². The summed E-state index contributed by atoms with van der Waals surface area (Å²) < 4.78 is 34.5. The highest BCUT2D eigenvalue weighted by Crippen LogP contribution is 1.89. The molecule has 0 heterocycles. The Bertz CT molecular complexity index is 84.6. The van der Waals surface area contributed by atoms with Crippen LogP contribution < -0.4 is 0 Å². The van der Waals surface area contributed by atoms with E-state index in [0.29, 0.717) is 0 Å². The summed E-state index contributed by atoms with van der Waals surface area (Å²) >= 11 is -2.58. The Labute approximate surface area is 49.3 Å². The van der Waals surface area contributed by atoms with Crippen molar-refractivity contribution >= 4 is 11.4 Å². The van der Waals surface area contributed by atoms with E-state index in [4.69, 9.17) is 0 Å². The SMILES string of the molecule is CC(F)COS(=O)[O-]. The molecule has 0 bridgehead atoms. The van der Waals surface area contributed by atoms with Gasteiger partial charge < -0.3 is 4.55 Å². The molecule has 0 aliphatic carbocycles. The first kappa shape index (κ1) is 8.00. The van der Waals surface area contributed by atoms with Gasteiger partial charge in [0.15, 0.2) is 0 Å². The van der Waals surface area contributed by atoms with E-state index in [1.165, 1.54) is 6.92 Å². The predicted molar refractivity (Wildman–Crippen MR) is 25.4 cm³/mol. The lowest BCUT2D eigenvalue weighted by Crippen LogP contribution is -2.06. The van der Waals surface area contributed by atoms with Crippen LogP contribution in [0, 0.1) is 0 Å². The molecule has 0 rings (SSSR count). The molecule has 0 saturated carbocycles. The fourth-order valence-corrected chi connectivity index (χ4v) is 0.448. The molecule has 0 fully saturated rings. The lowest BCUT2D eigenvalue weighted by atomic mass is 10.5. The van der Waals surface area contributed by atoms with Crippen LogP contribution in [-0.2, 0) is 15.5 Å². The number of hydrogen-bond donors (Lipinski definition) is 0. The van der Waals surface area contributed by atoms with E-state index in [2.05, 4.69) is 4.18 Å². The van der Waals surface area contributed by atoms with Crippen molar-refractivity contribution < 1.29 is 17.3 Å². The molecular formula is C3H6FO3S-. The standard InChI is InChI=1S/C3H7FO3S/c1-3(4)2-7-8(5)6/h3H,2H2,1H3,(H,5,6)/p-1. The highest BCUT2D eigenvalue weighted by atomic mass is 32.2. The summed E-state index contributed by atoms with van der Waals surface area (Å²) in [5, 5.41) is 0. The molecule has 0 radical (unpaired) electrons. The second kappa shape index (κ2) is 3.94. The van der Waals surface area contributed by atoms with Crippen molar-refractivity contribution in [3.63, 3.8) is 0 Å². The molecule has 0 aromatic carbocycles. The predicted octanol–water partition coefficient (Wildman–Crippen LogP) is 0.155. The smallest absolute Gasteiger partial charge is 0.122 e. The lowest BCUT2D eigenvalue weighted by molar-refractivity contribution is 0.208. The molecule has 0 aromatic rings. The number of hydrogen-bond acceptors (Lipinski definition) is 3. The molecule has 0 saturated heterocycles. The van der Waals surface area contributed by atoms with Crippen molar-refractivity contribution in [2.45, 2.75) is 13.1 Å². The average molecular weight is 141 g/mol. The van der Waals surface area contributed by atoms with E-state index in [1.54, 1.807) is 0 Å². The Morgan fingerprint density at radius 2 is 2.50 bits per heavy atom. The molecule has 0 aromatic heterocycles. The van der Waals surface area contributed by atoms with Crippen molar-refractivity contribution in [2.24, 2.45) is 0 Å².